The van der Waals surface area contributed by atoms with Gasteiger partial charge in [0, 0.05) is 31.2 Å². The van der Waals surface area contributed by atoms with Crippen LogP contribution in [-0.2, 0) is 6.54 Å². The van der Waals surface area contributed by atoms with Crippen LogP contribution in [0.1, 0.15) is 28.3 Å². The number of anilines is 1. The molecule has 1 atom stereocenters. The van der Waals surface area contributed by atoms with Crippen LogP contribution in [0, 0.1) is 22.7 Å². The van der Waals surface area contributed by atoms with Crippen LogP contribution in [-0.4, -0.2) is 42.9 Å². The summed E-state index contributed by atoms with van der Waals surface area (Å²) in [4.78, 5) is 4.66. The fourth-order valence-electron chi connectivity index (χ4n) is 4.29. The van der Waals surface area contributed by atoms with Gasteiger partial charge >= 0.3 is 0 Å². The predicted octanol–water partition coefficient (Wildman–Crippen LogP) is 4.52. The summed E-state index contributed by atoms with van der Waals surface area (Å²) in [5.41, 5.74) is 4.33. The highest BCUT2D eigenvalue weighted by atomic mass is 35.5. The van der Waals surface area contributed by atoms with Gasteiger partial charge in [-0.15, -0.1) is 0 Å². The average Bonchev–Trinajstić information content (AvgIpc) is 2.88. The van der Waals surface area contributed by atoms with E-state index in [1.807, 2.05) is 60.7 Å². The standard InChI is InChI=1S/C27H25ClN4O2/c28-24-7-5-22(6-8-24)27-19-31(18-21-3-1-20(16-29)2-4-21)11-12-32(27)26-10-9-25(34-14-13-33)15-23(26)17-30/h1-10,15,27,33H,11-14,18-19H2/t27-/m0/s1. The summed E-state index contributed by atoms with van der Waals surface area (Å²) in [6.45, 7) is 3.24. The molecule has 1 heterocycles. The minimum Gasteiger partial charge on any atom is -0.491 e. The number of piperazine rings is 1. The van der Waals surface area contributed by atoms with Gasteiger partial charge in [-0.05, 0) is 53.6 Å². The van der Waals surface area contributed by atoms with Crippen LogP contribution in [0.25, 0.3) is 0 Å². The number of halogens is 1. The Bertz CT molecular complexity index is 1200. The monoisotopic (exact) mass is 472 g/mol. The molecular formula is C27H25ClN4O2. The summed E-state index contributed by atoms with van der Waals surface area (Å²) in [6.07, 6.45) is 0. The zero-order valence-corrected chi connectivity index (χ0v) is 19.4. The van der Waals surface area contributed by atoms with Crippen LogP contribution in [0.5, 0.6) is 5.75 Å². The normalized spacial score (nSPS) is 16.0. The van der Waals surface area contributed by atoms with Crippen LogP contribution in [0.15, 0.2) is 66.7 Å². The van der Waals surface area contributed by atoms with Gasteiger partial charge < -0.3 is 14.7 Å². The maximum absolute atomic E-state index is 9.85. The lowest BCUT2D eigenvalue weighted by atomic mass is 9.99. The zero-order chi connectivity index (χ0) is 23.9. The Kier molecular flexibility index (Phi) is 7.67. The lowest BCUT2D eigenvalue weighted by molar-refractivity contribution is 0.201. The molecule has 6 nitrogen and oxygen atoms in total. The molecule has 0 bridgehead atoms. The third kappa shape index (κ3) is 5.50. The Labute approximate surface area is 204 Å². The van der Waals surface area contributed by atoms with Crippen molar-refractivity contribution in [2.45, 2.75) is 12.6 Å². The molecule has 1 saturated heterocycles. The van der Waals surface area contributed by atoms with Crippen molar-refractivity contribution in [2.75, 3.05) is 37.7 Å². The first kappa shape index (κ1) is 23.6. The van der Waals surface area contributed by atoms with Gasteiger partial charge in [0.05, 0.1) is 35.5 Å². The van der Waals surface area contributed by atoms with Gasteiger partial charge in [-0.3, -0.25) is 4.90 Å². The molecule has 3 aromatic rings. The van der Waals surface area contributed by atoms with Gasteiger partial charge in [0.1, 0.15) is 18.4 Å². The topological polar surface area (TPSA) is 83.5 Å². The number of rotatable bonds is 7. The molecule has 0 saturated carbocycles. The molecule has 0 radical (unpaired) electrons. The number of nitrogens with zero attached hydrogens (tertiary/aromatic N) is 4. The molecule has 0 aromatic heterocycles. The lowest BCUT2D eigenvalue weighted by Gasteiger charge is -2.43. The highest BCUT2D eigenvalue weighted by molar-refractivity contribution is 6.30. The van der Waals surface area contributed by atoms with Gasteiger partial charge in [-0.25, -0.2) is 0 Å². The largest absolute Gasteiger partial charge is 0.491 e. The number of hydrogen-bond donors (Lipinski definition) is 1. The van der Waals surface area contributed by atoms with Crippen LogP contribution < -0.4 is 9.64 Å². The molecule has 1 aliphatic rings. The van der Waals surface area contributed by atoms with E-state index >= 15 is 0 Å². The summed E-state index contributed by atoms with van der Waals surface area (Å²) < 4.78 is 5.50. The highest BCUT2D eigenvalue weighted by Gasteiger charge is 2.30. The minimum atomic E-state index is -0.0799. The molecule has 172 valence electrons. The molecule has 7 heteroatoms. The van der Waals surface area contributed by atoms with E-state index in [0.29, 0.717) is 21.9 Å². The molecule has 0 amide bonds. The quantitative estimate of drug-likeness (QED) is 0.544. The number of aliphatic hydroxyl groups is 1. The number of ether oxygens (including phenoxy) is 1. The second kappa shape index (κ2) is 11.0. The van der Waals surface area contributed by atoms with Crippen molar-refractivity contribution < 1.29 is 9.84 Å². The number of hydrogen-bond acceptors (Lipinski definition) is 6. The van der Waals surface area contributed by atoms with Crippen LogP contribution in [0.4, 0.5) is 5.69 Å². The van der Waals surface area contributed by atoms with Crippen LogP contribution in [0.3, 0.4) is 0 Å². The number of nitriles is 2. The molecule has 0 aliphatic carbocycles. The molecule has 0 unspecified atom stereocenters. The van der Waals surface area contributed by atoms with Crippen molar-refractivity contribution >= 4 is 17.3 Å². The Morgan fingerprint density at radius 1 is 0.971 bits per heavy atom. The van der Waals surface area contributed by atoms with E-state index in [9.17, 15) is 5.26 Å². The third-order valence-electron chi connectivity index (χ3n) is 5.97. The Morgan fingerprint density at radius 3 is 2.41 bits per heavy atom. The van der Waals surface area contributed by atoms with E-state index in [2.05, 4.69) is 21.9 Å². The Morgan fingerprint density at radius 2 is 1.74 bits per heavy atom. The molecule has 1 aliphatic heterocycles. The first-order valence-electron chi connectivity index (χ1n) is 11.1. The zero-order valence-electron chi connectivity index (χ0n) is 18.7. The van der Waals surface area contributed by atoms with Gasteiger partial charge in [0.15, 0.2) is 0 Å². The summed E-state index contributed by atoms with van der Waals surface area (Å²) in [5, 5.41) is 28.6. The average molecular weight is 473 g/mol. The first-order chi connectivity index (χ1) is 16.6. The fraction of sp³-hybridized carbons (Fsp3) is 0.259. The van der Waals surface area contributed by atoms with Gasteiger partial charge in [-0.2, -0.15) is 10.5 Å². The summed E-state index contributed by atoms with van der Waals surface area (Å²) in [7, 11) is 0. The van der Waals surface area contributed by atoms with Gasteiger partial charge in [0.25, 0.3) is 0 Å². The maximum Gasteiger partial charge on any atom is 0.120 e. The van der Waals surface area contributed by atoms with Crippen molar-refractivity contribution in [3.8, 4) is 17.9 Å². The molecule has 1 fully saturated rings. The Balaban J connectivity index is 1.61. The predicted molar refractivity (Wildman–Crippen MR) is 132 cm³/mol. The summed E-state index contributed by atoms with van der Waals surface area (Å²) in [5.74, 6) is 0.567. The molecule has 4 rings (SSSR count). The summed E-state index contributed by atoms with van der Waals surface area (Å²) >= 11 is 6.15. The van der Waals surface area contributed by atoms with E-state index in [0.717, 1.165) is 43.0 Å². The molecular weight excluding hydrogens is 448 g/mol. The lowest BCUT2D eigenvalue weighted by Crippen LogP contribution is -2.48. The number of benzene rings is 3. The van der Waals surface area contributed by atoms with E-state index in [1.54, 1.807) is 6.07 Å². The van der Waals surface area contributed by atoms with Crippen LogP contribution in [0.2, 0.25) is 5.02 Å². The molecule has 0 spiro atoms. The van der Waals surface area contributed by atoms with Crippen LogP contribution >= 0.6 is 11.6 Å². The van der Waals surface area contributed by atoms with E-state index < -0.39 is 0 Å². The molecule has 34 heavy (non-hydrogen) atoms. The SMILES string of the molecule is N#Cc1ccc(CN2CCN(c3ccc(OCCO)cc3C#N)[C@H](c3ccc(Cl)cc3)C2)cc1. The van der Waals surface area contributed by atoms with Gasteiger partial charge in [0.2, 0.25) is 0 Å². The van der Waals surface area contributed by atoms with E-state index in [4.69, 9.17) is 26.7 Å². The highest BCUT2D eigenvalue weighted by Crippen LogP contribution is 2.35. The second-order valence-electron chi connectivity index (χ2n) is 8.17. The van der Waals surface area contributed by atoms with E-state index in [1.165, 1.54) is 0 Å². The third-order valence-corrected chi connectivity index (χ3v) is 6.22. The van der Waals surface area contributed by atoms with E-state index in [-0.39, 0.29) is 19.3 Å². The van der Waals surface area contributed by atoms with Gasteiger partial charge in [-0.1, -0.05) is 35.9 Å². The Hall–Kier alpha value is -3.55. The number of aliphatic hydroxyl groups excluding tert-OH is 1. The first-order valence-corrected chi connectivity index (χ1v) is 11.5. The maximum atomic E-state index is 9.85. The van der Waals surface area contributed by atoms with Crippen molar-refractivity contribution in [1.82, 2.24) is 4.90 Å². The molecule has 1 N–H and O–H groups in total. The molecule has 3 aromatic carbocycles. The smallest absolute Gasteiger partial charge is 0.120 e. The van der Waals surface area contributed by atoms with Crippen molar-refractivity contribution in [1.29, 1.82) is 10.5 Å². The summed E-state index contributed by atoms with van der Waals surface area (Å²) in [6, 6.07) is 25.6. The fourth-order valence-corrected chi connectivity index (χ4v) is 4.42. The minimum absolute atomic E-state index is 0.0284. The van der Waals surface area contributed by atoms with Crippen molar-refractivity contribution in [3.05, 3.63) is 94.0 Å². The second-order valence-corrected chi connectivity index (χ2v) is 8.60. The van der Waals surface area contributed by atoms with Crippen molar-refractivity contribution in [3.63, 3.8) is 0 Å². The van der Waals surface area contributed by atoms with Crippen molar-refractivity contribution in [2.24, 2.45) is 0 Å².